The number of thiophene rings is 1. The first-order valence-electron chi connectivity index (χ1n) is 10.3. The summed E-state index contributed by atoms with van der Waals surface area (Å²) in [5, 5.41) is 10.3. The molecule has 5 nitrogen and oxygen atoms in total. The van der Waals surface area contributed by atoms with Crippen molar-refractivity contribution >= 4 is 28.6 Å². The minimum absolute atomic E-state index is 0.445. The van der Waals surface area contributed by atoms with Crippen LogP contribution in [-0.4, -0.2) is 27.1 Å². The second kappa shape index (κ2) is 7.63. The second-order valence-corrected chi connectivity index (χ2v) is 9.08. The first-order valence-corrected chi connectivity index (χ1v) is 11.5. The van der Waals surface area contributed by atoms with Gasteiger partial charge in [-0.15, -0.1) is 21.5 Å². The third-order valence-corrected chi connectivity index (χ3v) is 6.95. The lowest BCUT2D eigenvalue weighted by atomic mass is 10.0. The molecule has 0 spiro atoms. The highest BCUT2D eigenvalue weighted by Crippen LogP contribution is 2.34. The molecule has 4 heterocycles. The zero-order valence-corrected chi connectivity index (χ0v) is 18.8. The standard InChI is InChI=1S/C25H17ClN4OS/c1-15-28-29-23-14-27-24(19-4-2-3-5-21(19)26)20-13-18(32-25(20)30(15)23)8-6-16-7-9-22-17(12-16)10-11-31-22/h2-5,7,9,12-13H,10-11,14H2,1H3. The van der Waals surface area contributed by atoms with E-state index in [1.807, 2.05) is 43.3 Å². The van der Waals surface area contributed by atoms with Gasteiger partial charge in [0.15, 0.2) is 5.82 Å². The molecular formula is C25H17ClN4OS. The molecule has 0 radical (unpaired) electrons. The molecule has 2 aliphatic heterocycles. The van der Waals surface area contributed by atoms with Crippen LogP contribution in [0.3, 0.4) is 0 Å². The van der Waals surface area contributed by atoms with Crippen LogP contribution in [0.15, 0.2) is 53.5 Å². The van der Waals surface area contributed by atoms with Gasteiger partial charge in [-0.25, -0.2) is 0 Å². The summed E-state index contributed by atoms with van der Waals surface area (Å²) in [4.78, 5) is 5.83. The van der Waals surface area contributed by atoms with Crippen LogP contribution in [0.2, 0.25) is 5.02 Å². The van der Waals surface area contributed by atoms with Gasteiger partial charge in [-0.1, -0.05) is 41.6 Å². The fourth-order valence-electron chi connectivity index (χ4n) is 4.07. The van der Waals surface area contributed by atoms with E-state index in [2.05, 4.69) is 38.7 Å². The van der Waals surface area contributed by atoms with Crippen LogP contribution < -0.4 is 4.74 Å². The lowest BCUT2D eigenvalue weighted by Gasteiger charge is -2.08. The quantitative estimate of drug-likeness (QED) is 0.380. The number of hydrogen-bond acceptors (Lipinski definition) is 5. The number of benzene rings is 2. The van der Waals surface area contributed by atoms with Crippen molar-refractivity contribution in [3.05, 3.63) is 92.3 Å². The zero-order chi connectivity index (χ0) is 21.7. The summed E-state index contributed by atoms with van der Waals surface area (Å²) in [5.41, 5.74) is 4.96. The smallest absolute Gasteiger partial charge is 0.160 e. The SMILES string of the molecule is Cc1nnc2n1-c1sc(C#Cc3ccc4c(c3)CCO4)cc1C(c1ccccc1Cl)=NC2. The molecular weight excluding hydrogens is 440 g/mol. The molecule has 6 rings (SSSR count). The predicted molar refractivity (Wildman–Crippen MR) is 126 cm³/mol. The normalized spacial score (nSPS) is 13.8. The number of aromatic nitrogens is 3. The predicted octanol–water partition coefficient (Wildman–Crippen LogP) is 4.98. The lowest BCUT2D eigenvalue weighted by Crippen LogP contribution is -2.05. The molecule has 0 N–H and O–H groups in total. The number of hydrogen-bond donors (Lipinski definition) is 0. The van der Waals surface area contributed by atoms with Gasteiger partial charge in [-0.3, -0.25) is 9.56 Å². The molecule has 32 heavy (non-hydrogen) atoms. The Morgan fingerprint density at radius 2 is 1.97 bits per heavy atom. The van der Waals surface area contributed by atoms with Gasteiger partial charge in [0, 0.05) is 28.1 Å². The lowest BCUT2D eigenvalue weighted by molar-refractivity contribution is 0.357. The van der Waals surface area contributed by atoms with Crippen LogP contribution in [0, 0.1) is 18.8 Å². The van der Waals surface area contributed by atoms with Gasteiger partial charge in [-0.2, -0.15) is 0 Å². The van der Waals surface area contributed by atoms with Crippen LogP contribution in [0.5, 0.6) is 5.75 Å². The highest BCUT2D eigenvalue weighted by Gasteiger charge is 2.25. The number of rotatable bonds is 1. The average molecular weight is 457 g/mol. The van der Waals surface area contributed by atoms with E-state index in [1.165, 1.54) is 5.56 Å². The topological polar surface area (TPSA) is 52.3 Å². The van der Waals surface area contributed by atoms with Gasteiger partial charge in [0.05, 0.1) is 17.2 Å². The van der Waals surface area contributed by atoms with Crippen molar-refractivity contribution in [1.29, 1.82) is 0 Å². The number of ether oxygens (including phenoxy) is 1. The third kappa shape index (κ3) is 3.22. The molecule has 0 aliphatic carbocycles. The van der Waals surface area contributed by atoms with Crippen molar-refractivity contribution in [2.45, 2.75) is 19.9 Å². The molecule has 4 aromatic rings. The Kier molecular flexibility index (Phi) is 4.60. The van der Waals surface area contributed by atoms with Gasteiger partial charge >= 0.3 is 0 Å². The first-order chi connectivity index (χ1) is 15.7. The minimum Gasteiger partial charge on any atom is -0.493 e. The zero-order valence-electron chi connectivity index (χ0n) is 17.2. The summed E-state index contributed by atoms with van der Waals surface area (Å²) in [7, 11) is 0. The molecule has 0 saturated carbocycles. The van der Waals surface area contributed by atoms with Crippen LogP contribution in [-0.2, 0) is 13.0 Å². The molecule has 0 fully saturated rings. The van der Waals surface area contributed by atoms with Gasteiger partial charge in [0.25, 0.3) is 0 Å². The molecule has 0 atom stereocenters. The summed E-state index contributed by atoms with van der Waals surface area (Å²) in [6, 6.07) is 16.0. The van der Waals surface area contributed by atoms with E-state index < -0.39 is 0 Å². The molecule has 7 heteroatoms. The molecule has 0 bridgehead atoms. The molecule has 2 aromatic heterocycles. The summed E-state index contributed by atoms with van der Waals surface area (Å²) >= 11 is 8.16. The maximum Gasteiger partial charge on any atom is 0.160 e. The molecule has 0 saturated heterocycles. The van der Waals surface area contributed by atoms with E-state index in [1.54, 1.807) is 11.3 Å². The maximum absolute atomic E-state index is 6.54. The molecule has 0 amide bonds. The minimum atomic E-state index is 0.445. The second-order valence-electron chi connectivity index (χ2n) is 7.64. The van der Waals surface area contributed by atoms with Crippen molar-refractivity contribution in [3.63, 3.8) is 0 Å². The van der Waals surface area contributed by atoms with Crippen molar-refractivity contribution in [2.24, 2.45) is 4.99 Å². The van der Waals surface area contributed by atoms with E-state index in [0.29, 0.717) is 11.6 Å². The fourth-order valence-corrected chi connectivity index (χ4v) is 5.37. The molecule has 2 aliphatic rings. The van der Waals surface area contributed by atoms with Crippen molar-refractivity contribution in [1.82, 2.24) is 14.8 Å². The Bertz CT molecular complexity index is 1470. The summed E-state index contributed by atoms with van der Waals surface area (Å²) in [5.74, 6) is 9.27. The summed E-state index contributed by atoms with van der Waals surface area (Å²) < 4.78 is 7.67. The highest BCUT2D eigenvalue weighted by atomic mass is 35.5. The largest absolute Gasteiger partial charge is 0.493 e. The summed E-state index contributed by atoms with van der Waals surface area (Å²) in [6.07, 6.45) is 0.936. The van der Waals surface area contributed by atoms with E-state index in [-0.39, 0.29) is 0 Å². The van der Waals surface area contributed by atoms with Crippen LogP contribution >= 0.6 is 22.9 Å². The van der Waals surface area contributed by atoms with Gasteiger partial charge < -0.3 is 4.74 Å². The van der Waals surface area contributed by atoms with Crippen LogP contribution in [0.25, 0.3) is 5.00 Å². The Hall–Kier alpha value is -3.40. The number of aliphatic imine (C=N–C) groups is 1. The maximum atomic E-state index is 6.54. The van der Waals surface area contributed by atoms with E-state index >= 15 is 0 Å². The average Bonchev–Trinajstić information content (AvgIpc) is 3.50. The van der Waals surface area contributed by atoms with Gasteiger partial charge in [0.1, 0.15) is 23.1 Å². The fraction of sp³-hybridized carbons (Fsp3) is 0.160. The van der Waals surface area contributed by atoms with E-state index in [0.717, 1.165) is 62.7 Å². The number of fused-ring (bicyclic) bond motifs is 4. The Balaban J connectivity index is 1.47. The van der Waals surface area contributed by atoms with Crippen molar-refractivity contribution in [3.8, 4) is 22.6 Å². The van der Waals surface area contributed by atoms with Gasteiger partial charge in [-0.05, 0) is 42.8 Å². The molecule has 156 valence electrons. The van der Waals surface area contributed by atoms with Crippen molar-refractivity contribution in [2.75, 3.05) is 6.61 Å². The third-order valence-electron chi connectivity index (χ3n) is 5.59. The van der Waals surface area contributed by atoms with Gasteiger partial charge in [0.2, 0.25) is 0 Å². The Labute approximate surface area is 194 Å². The first kappa shape index (κ1) is 19.3. The Morgan fingerprint density at radius 3 is 2.88 bits per heavy atom. The highest BCUT2D eigenvalue weighted by molar-refractivity contribution is 7.15. The van der Waals surface area contributed by atoms with Crippen molar-refractivity contribution < 1.29 is 4.74 Å². The number of halogens is 1. The Morgan fingerprint density at radius 1 is 1.06 bits per heavy atom. The molecule has 0 unspecified atom stereocenters. The van der Waals surface area contributed by atoms with E-state index in [4.69, 9.17) is 21.3 Å². The van der Waals surface area contributed by atoms with Crippen LogP contribution in [0.4, 0.5) is 0 Å². The van der Waals surface area contributed by atoms with E-state index in [9.17, 15) is 0 Å². The monoisotopic (exact) mass is 456 g/mol. The summed E-state index contributed by atoms with van der Waals surface area (Å²) in [6.45, 7) is 3.15. The molecule has 2 aromatic carbocycles. The number of aryl methyl sites for hydroxylation is 1. The van der Waals surface area contributed by atoms with Crippen LogP contribution in [0.1, 0.15) is 38.8 Å². The number of nitrogens with zero attached hydrogens (tertiary/aromatic N) is 4.